The molecule has 0 saturated heterocycles. The van der Waals surface area contributed by atoms with Gasteiger partial charge in [-0.25, -0.2) is 0 Å². The molecule has 154 valence electrons. The Morgan fingerprint density at radius 1 is 0.733 bits per heavy atom. The Balaban J connectivity index is 1.62. The van der Waals surface area contributed by atoms with Gasteiger partial charge in [-0.15, -0.1) is 0 Å². The van der Waals surface area contributed by atoms with Crippen molar-refractivity contribution in [3.05, 3.63) is 108 Å². The first-order chi connectivity index (χ1) is 14.6. The molecular weight excluding hydrogens is 372 g/mol. The molecule has 0 aromatic heterocycles. The summed E-state index contributed by atoms with van der Waals surface area (Å²) in [5, 5.41) is 2.87. The van der Waals surface area contributed by atoms with E-state index in [4.69, 9.17) is 0 Å². The molecule has 0 aliphatic rings. The van der Waals surface area contributed by atoms with Crippen LogP contribution in [0.2, 0.25) is 0 Å². The van der Waals surface area contributed by atoms with Crippen LogP contribution in [0.1, 0.15) is 30.0 Å². The summed E-state index contributed by atoms with van der Waals surface area (Å²) in [6.07, 6.45) is 1.63. The summed E-state index contributed by atoms with van der Waals surface area (Å²) in [7, 11) is 0. The second-order valence-electron chi connectivity index (χ2n) is 7.53. The summed E-state index contributed by atoms with van der Waals surface area (Å²) in [5.74, 6) is -1.06. The van der Waals surface area contributed by atoms with Crippen LogP contribution in [-0.2, 0) is 29.1 Å². The van der Waals surface area contributed by atoms with E-state index in [1.54, 1.807) is 4.90 Å². The largest absolute Gasteiger partial charge is 0.345 e. The van der Waals surface area contributed by atoms with Gasteiger partial charge >= 0.3 is 11.8 Å². The van der Waals surface area contributed by atoms with Gasteiger partial charge in [0.25, 0.3) is 0 Å². The zero-order valence-electron chi connectivity index (χ0n) is 17.3. The zero-order chi connectivity index (χ0) is 21.2. The van der Waals surface area contributed by atoms with Crippen LogP contribution in [0.5, 0.6) is 0 Å². The lowest BCUT2D eigenvalue weighted by atomic mass is 10.1. The van der Waals surface area contributed by atoms with Crippen molar-refractivity contribution in [2.45, 2.75) is 38.9 Å². The molecule has 0 radical (unpaired) electrons. The molecule has 0 spiro atoms. The first-order valence-electron chi connectivity index (χ1n) is 10.3. The van der Waals surface area contributed by atoms with Crippen molar-refractivity contribution in [3.63, 3.8) is 0 Å². The molecule has 1 N–H and O–H groups in total. The standard InChI is InChI=1S/C26H28N2O2/c1-21(17-18-22-11-5-2-6-12-22)27-25(29)26(30)28(19-23-13-7-3-8-14-23)20-24-15-9-4-10-16-24/h2-16,21H,17-20H2,1H3,(H,27,29). The Bertz CT molecular complexity index is 886. The SMILES string of the molecule is CC(CCc1ccccc1)NC(=O)C(=O)N(Cc1ccccc1)Cc1ccccc1. The van der Waals surface area contributed by atoms with E-state index in [1.165, 1.54) is 5.56 Å². The second-order valence-corrected chi connectivity index (χ2v) is 7.53. The molecule has 0 fully saturated rings. The van der Waals surface area contributed by atoms with Crippen molar-refractivity contribution >= 4 is 11.8 Å². The fourth-order valence-electron chi connectivity index (χ4n) is 3.34. The van der Waals surface area contributed by atoms with Crippen LogP contribution in [-0.4, -0.2) is 22.8 Å². The molecular formula is C26H28N2O2. The van der Waals surface area contributed by atoms with Crippen molar-refractivity contribution in [2.75, 3.05) is 0 Å². The summed E-state index contributed by atoms with van der Waals surface area (Å²) < 4.78 is 0. The third kappa shape index (κ3) is 6.59. The third-order valence-corrected chi connectivity index (χ3v) is 5.00. The molecule has 1 atom stereocenters. The predicted molar refractivity (Wildman–Crippen MR) is 120 cm³/mol. The molecule has 3 aromatic rings. The molecule has 4 heteroatoms. The molecule has 0 bridgehead atoms. The summed E-state index contributed by atoms with van der Waals surface area (Å²) in [4.78, 5) is 27.3. The van der Waals surface area contributed by atoms with E-state index in [-0.39, 0.29) is 6.04 Å². The highest BCUT2D eigenvalue weighted by Gasteiger charge is 2.23. The number of rotatable bonds is 8. The fraction of sp³-hybridized carbons (Fsp3) is 0.231. The molecule has 3 aromatic carbocycles. The van der Waals surface area contributed by atoms with Gasteiger partial charge in [0.05, 0.1) is 0 Å². The van der Waals surface area contributed by atoms with Gasteiger partial charge in [0.2, 0.25) is 0 Å². The van der Waals surface area contributed by atoms with E-state index in [9.17, 15) is 9.59 Å². The second kappa shape index (κ2) is 11.0. The number of benzene rings is 3. The quantitative estimate of drug-likeness (QED) is 0.572. The monoisotopic (exact) mass is 400 g/mol. The van der Waals surface area contributed by atoms with E-state index < -0.39 is 11.8 Å². The first-order valence-corrected chi connectivity index (χ1v) is 10.3. The average molecular weight is 401 g/mol. The van der Waals surface area contributed by atoms with Crippen molar-refractivity contribution < 1.29 is 9.59 Å². The Labute approximate surface area is 178 Å². The molecule has 0 aliphatic heterocycles. The summed E-state index contributed by atoms with van der Waals surface area (Å²) in [6.45, 7) is 2.72. The zero-order valence-corrected chi connectivity index (χ0v) is 17.3. The van der Waals surface area contributed by atoms with Gasteiger partial charge in [-0.05, 0) is 36.5 Å². The summed E-state index contributed by atoms with van der Waals surface area (Å²) >= 11 is 0. The maximum Gasteiger partial charge on any atom is 0.312 e. The molecule has 3 rings (SSSR count). The number of carbonyl (C=O) groups excluding carboxylic acids is 2. The van der Waals surface area contributed by atoms with Crippen LogP contribution in [0.25, 0.3) is 0 Å². The van der Waals surface area contributed by atoms with Gasteiger partial charge < -0.3 is 10.2 Å². The lowest BCUT2D eigenvalue weighted by Gasteiger charge is -2.23. The molecule has 0 heterocycles. The van der Waals surface area contributed by atoms with Gasteiger partial charge in [-0.1, -0.05) is 91.0 Å². The van der Waals surface area contributed by atoms with Gasteiger partial charge in [-0.2, -0.15) is 0 Å². The Morgan fingerprint density at radius 2 is 1.17 bits per heavy atom. The minimum atomic E-state index is -0.553. The van der Waals surface area contributed by atoms with Crippen LogP contribution < -0.4 is 5.32 Å². The first kappa shape index (κ1) is 21.3. The molecule has 0 aliphatic carbocycles. The third-order valence-electron chi connectivity index (χ3n) is 5.00. The van der Waals surface area contributed by atoms with Gasteiger partial charge in [0.15, 0.2) is 0 Å². The molecule has 4 nitrogen and oxygen atoms in total. The fourth-order valence-corrected chi connectivity index (χ4v) is 3.34. The number of hydrogen-bond donors (Lipinski definition) is 1. The normalized spacial score (nSPS) is 11.5. The topological polar surface area (TPSA) is 49.4 Å². The van der Waals surface area contributed by atoms with Crippen LogP contribution in [0.3, 0.4) is 0 Å². The maximum atomic E-state index is 13.0. The van der Waals surface area contributed by atoms with E-state index >= 15 is 0 Å². The number of carbonyl (C=O) groups is 2. The summed E-state index contributed by atoms with van der Waals surface area (Å²) in [6, 6.07) is 29.5. The van der Waals surface area contributed by atoms with E-state index in [0.717, 1.165) is 24.0 Å². The van der Waals surface area contributed by atoms with E-state index in [0.29, 0.717) is 13.1 Å². The van der Waals surface area contributed by atoms with Crippen LogP contribution >= 0.6 is 0 Å². The predicted octanol–water partition coefficient (Wildman–Crippen LogP) is 4.35. The van der Waals surface area contributed by atoms with Crippen LogP contribution in [0.15, 0.2) is 91.0 Å². The van der Waals surface area contributed by atoms with Gasteiger partial charge in [0.1, 0.15) is 0 Å². The number of amides is 2. The van der Waals surface area contributed by atoms with Crippen molar-refractivity contribution in [1.82, 2.24) is 10.2 Å². The Kier molecular flexibility index (Phi) is 7.78. The van der Waals surface area contributed by atoms with E-state index in [2.05, 4.69) is 17.4 Å². The average Bonchev–Trinajstić information content (AvgIpc) is 2.79. The van der Waals surface area contributed by atoms with Crippen LogP contribution in [0.4, 0.5) is 0 Å². The van der Waals surface area contributed by atoms with Gasteiger partial charge in [0, 0.05) is 19.1 Å². The molecule has 30 heavy (non-hydrogen) atoms. The minimum Gasteiger partial charge on any atom is -0.345 e. The summed E-state index contributed by atoms with van der Waals surface area (Å²) in [5.41, 5.74) is 3.21. The lowest BCUT2D eigenvalue weighted by Crippen LogP contribution is -2.45. The Morgan fingerprint density at radius 3 is 1.63 bits per heavy atom. The van der Waals surface area contributed by atoms with Crippen LogP contribution in [0, 0.1) is 0 Å². The highest BCUT2D eigenvalue weighted by atomic mass is 16.2. The molecule has 0 saturated carbocycles. The maximum absolute atomic E-state index is 13.0. The number of hydrogen-bond acceptors (Lipinski definition) is 2. The number of nitrogens with zero attached hydrogens (tertiary/aromatic N) is 1. The minimum absolute atomic E-state index is 0.0862. The Hall–Kier alpha value is -3.40. The number of aryl methyl sites for hydroxylation is 1. The van der Waals surface area contributed by atoms with Crippen molar-refractivity contribution in [1.29, 1.82) is 0 Å². The van der Waals surface area contributed by atoms with Crippen molar-refractivity contribution in [3.8, 4) is 0 Å². The highest BCUT2D eigenvalue weighted by molar-refractivity contribution is 6.35. The lowest BCUT2D eigenvalue weighted by molar-refractivity contribution is -0.147. The smallest absolute Gasteiger partial charge is 0.312 e. The molecule has 1 unspecified atom stereocenters. The van der Waals surface area contributed by atoms with Gasteiger partial charge in [-0.3, -0.25) is 9.59 Å². The van der Waals surface area contributed by atoms with Crippen molar-refractivity contribution in [2.24, 2.45) is 0 Å². The van der Waals surface area contributed by atoms with E-state index in [1.807, 2.05) is 85.8 Å². The molecule has 2 amide bonds. The highest BCUT2D eigenvalue weighted by Crippen LogP contribution is 2.11. The number of nitrogens with one attached hydrogen (secondary N) is 1.